The Hall–Kier alpha value is -1.41. The van der Waals surface area contributed by atoms with E-state index in [-0.39, 0.29) is 12.3 Å². The Morgan fingerprint density at radius 3 is 2.58 bits per heavy atom. The lowest BCUT2D eigenvalue weighted by molar-refractivity contribution is 0.214. The third-order valence-corrected chi connectivity index (χ3v) is 2.70. The molecule has 106 valence electrons. The third kappa shape index (κ3) is 3.54. The van der Waals surface area contributed by atoms with E-state index in [1.807, 2.05) is 20.8 Å². The second kappa shape index (κ2) is 7.25. The van der Waals surface area contributed by atoms with Crippen molar-refractivity contribution in [1.29, 1.82) is 0 Å². The van der Waals surface area contributed by atoms with Crippen LogP contribution in [0.3, 0.4) is 0 Å². The van der Waals surface area contributed by atoms with Gasteiger partial charge in [0.15, 0.2) is 0 Å². The molecule has 2 aromatic heterocycles. The molecule has 0 aliphatic heterocycles. The van der Waals surface area contributed by atoms with Crippen molar-refractivity contribution in [2.24, 2.45) is 0 Å². The summed E-state index contributed by atoms with van der Waals surface area (Å²) in [7, 11) is 0. The fourth-order valence-corrected chi connectivity index (χ4v) is 1.77. The predicted octanol–water partition coefficient (Wildman–Crippen LogP) is 2.29. The average Bonchev–Trinajstić information content (AvgIpc) is 3.06. The van der Waals surface area contributed by atoms with Gasteiger partial charge in [-0.1, -0.05) is 18.0 Å². The summed E-state index contributed by atoms with van der Waals surface area (Å²) in [5.74, 6) is 0. The van der Waals surface area contributed by atoms with E-state index in [1.54, 1.807) is 24.0 Å². The van der Waals surface area contributed by atoms with Crippen molar-refractivity contribution in [3.05, 3.63) is 29.3 Å². The molecule has 0 bridgehead atoms. The topological polar surface area (TPSA) is 68.8 Å². The monoisotopic (exact) mass is 287 g/mol. The highest BCUT2D eigenvalue weighted by Gasteiger charge is 2.20. The van der Waals surface area contributed by atoms with Crippen molar-refractivity contribution in [2.75, 3.05) is 0 Å². The third-order valence-electron chi connectivity index (χ3n) is 2.41. The largest absolute Gasteiger partial charge is 0.382 e. The van der Waals surface area contributed by atoms with E-state index in [2.05, 4.69) is 15.3 Å². The van der Waals surface area contributed by atoms with Gasteiger partial charge in [-0.25, -0.2) is 0 Å². The van der Waals surface area contributed by atoms with Crippen LogP contribution in [0.15, 0.2) is 12.4 Å². The first-order valence-electron chi connectivity index (χ1n) is 6.09. The molecule has 1 unspecified atom stereocenters. The van der Waals surface area contributed by atoms with Crippen molar-refractivity contribution < 1.29 is 8.99 Å². The highest BCUT2D eigenvalue weighted by molar-refractivity contribution is 7.92. The number of hydrogen-bond donors (Lipinski definition) is 1. The maximum Gasteiger partial charge on any atom is 0.207 e. The molecule has 0 saturated heterocycles. The number of aromatic nitrogens is 5. The Kier molecular flexibility index (Phi) is 5.97. The molecule has 0 saturated carbocycles. The van der Waals surface area contributed by atoms with Gasteiger partial charge in [-0.15, -0.1) is 14.1 Å². The van der Waals surface area contributed by atoms with Crippen molar-refractivity contribution in [3.8, 4) is 0 Å². The zero-order valence-corrected chi connectivity index (χ0v) is 12.2. The molecule has 0 aliphatic carbocycles. The molecule has 0 spiro atoms. The quantitative estimate of drug-likeness (QED) is 0.934. The lowest BCUT2D eigenvalue weighted by Gasteiger charge is -2.04. The first kappa shape index (κ1) is 15.6. The van der Waals surface area contributed by atoms with E-state index in [0.717, 1.165) is 10.7 Å². The molecule has 0 amide bonds. The Labute approximate surface area is 116 Å². The van der Waals surface area contributed by atoms with Crippen molar-refractivity contribution in [3.63, 3.8) is 0 Å². The summed E-state index contributed by atoms with van der Waals surface area (Å²) in [4.78, 5) is 0. The van der Waals surface area contributed by atoms with Gasteiger partial charge < -0.3 is 5.11 Å². The minimum absolute atomic E-state index is 0.111. The molecule has 0 radical (unpaired) electrons. The Bertz CT molecular complexity index is 513. The van der Waals surface area contributed by atoms with Gasteiger partial charge in [0.2, 0.25) is 12.3 Å². The van der Waals surface area contributed by atoms with Gasteiger partial charge in [0, 0.05) is 18.3 Å². The molecule has 0 fully saturated rings. The molecule has 1 atom stereocenters. The van der Waals surface area contributed by atoms with Crippen LogP contribution in [0.4, 0.5) is 3.89 Å². The SMILES string of the molecule is CC.CCn1cc(C(O)c2nn(SF)nc2C)cn1. The number of aliphatic hydroxyl groups excluding tert-OH is 1. The van der Waals surface area contributed by atoms with Crippen molar-refractivity contribution in [2.45, 2.75) is 40.3 Å². The Morgan fingerprint density at radius 2 is 2.11 bits per heavy atom. The number of halogens is 1. The number of aliphatic hydroxyl groups is 1. The van der Waals surface area contributed by atoms with Crippen molar-refractivity contribution in [1.82, 2.24) is 24.2 Å². The molecular weight excluding hydrogens is 269 g/mol. The summed E-state index contributed by atoms with van der Waals surface area (Å²) in [6.07, 6.45) is 2.36. The number of hydrogen-bond acceptors (Lipinski definition) is 5. The van der Waals surface area contributed by atoms with Gasteiger partial charge in [-0.05, 0) is 13.8 Å². The number of aryl methyl sites for hydroxylation is 2. The molecule has 6 nitrogen and oxygen atoms in total. The van der Waals surface area contributed by atoms with Crippen LogP contribution in [0.2, 0.25) is 0 Å². The van der Waals surface area contributed by atoms with E-state index in [9.17, 15) is 8.99 Å². The maximum absolute atomic E-state index is 12.3. The first-order chi connectivity index (χ1) is 9.15. The van der Waals surface area contributed by atoms with Gasteiger partial charge in [0.25, 0.3) is 0 Å². The van der Waals surface area contributed by atoms with Crippen LogP contribution < -0.4 is 0 Å². The molecule has 2 aromatic rings. The maximum atomic E-state index is 12.3. The molecule has 2 heterocycles. The number of nitrogens with zero attached hydrogens (tertiary/aromatic N) is 5. The van der Waals surface area contributed by atoms with E-state index < -0.39 is 6.10 Å². The van der Waals surface area contributed by atoms with E-state index in [1.165, 1.54) is 0 Å². The summed E-state index contributed by atoms with van der Waals surface area (Å²) in [5.41, 5.74) is 1.45. The van der Waals surface area contributed by atoms with E-state index in [0.29, 0.717) is 17.0 Å². The van der Waals surface area contributed by atoms with Crippen LogP contribution in [-0.4, -0.2) is 29.3 Å². The molecule has 0 aromatic carbocycles. The normalized spacial score (nSPS) is 11.9. The molecule has 19 heavy (non-hydrogen) atoms. The van der Waals surface area contributed by atoms with E-state index >= 15 is 0 Å². The van der Waals surface area contributed by atoms with Gasteiger partial charge >= 0.3 is 0 Å². The first-order valence-corrected chi connectivity index (χ1v) is 6.76. The fraction of sp³-hybridized carbons (Fsp3) is 0.545. The molecule has 0 aliphatic rings. The zero-order chi connectivity index (χ0) is 14.4. The Balaban J connectivity index is 0.000000861. The smallest absolute Gasteiger partial charge is 0.207 e. The summed E-state index contributed by atoms with van der Waals surface area (Å²) >= 11 is -0.111. The summed E-state index contributed by atoms with van der Waals surface area (Å²) in [6, 6.07) is 0. The lowest BCUT2D eigenvalue weighted by atomic mass is 10.1. The average molecular weight is 287 g/mol. The second-order valence-electron chi connectivity index (χ2n) is 3.52. The zero-order valence-electron chi connectivity index (χ0n) is 11.4. The second-order valence-corrected chi connectivity index (χ2v) is 3.99. The van der Waals surface area contributed by atoms with Crippen LogP contribution in [-0.2, 0) is 6.54 Å². The van der Waals surface area contributed by atoms with Crippen LogP contribution in [0.5, 0.6) is 0 Å². The van der Waals surface area contributed by atoms with Crippen LogP contribution in [0, 0.1) is 6.92 Å². The summed E-state index contributed by atoms with van der Waals surface area (Å²) < 4.78 is 14.8. The fourth-order valence-electron chi connectivity index (χ4n) is 1.50. The summed E-state index contributed by atoms with van der Waals surface area (Å²) in [5, 5.41) is 21.8. The van der Waals surface area contributed by atoms with Gasteiger partial charge in [0.05, 0.1) is 11.9 Å². The molecule has 8 heteroatoms. The Morgan fingerprint density at radius 1 is 1.42 bits per heavy atom. The van der Waals surface area contributed by atoms with Gasteiger partial charge in [-0.2, -0.15) is 5.10 Å². The molecule has 2 rings (SSSR count). The van der Waals surface area contributed by atoms with Crippen LogP contribution >= 0.6 is 12.3 Å². The van der Waals surface area contributed by atoms with E-state index in [4.69, 9.17) is 0 Å². The highest BCUT2D eigenvalue weighted by Crippen LogP contribution is 2.22. The van der Waals surface area contributed by atoms with Gasteiger partial charge in [0.1, 0.15) is 11.8 Å². The highest BCUT2D eigenvalue weighted by atomic mass is 32.2. The minimum Gasteiger partial charge on any atom is -0.382 e. The van der Waals surface area contributed by atoms with Crippen LogP contribution in [0.25, 0.3) is 0 Å². The molecular formula is C11H18FN5OS. The predicted molar refractivity (Wildman–Crippen MR) is 72.2 cm³/mol. The number of rotatable bonds is 4. The molecule has 1 N–H and O–H groups in total. The van der Waals surface area contributed by atoms with Gasteiger partial charge in [-0.3, -0.25) is 4.68 Å². The van der Waals surface area contributed by atoms with Crippen molar-refractivity contribution >= 4 is 12.3 Å². The summed E-state index contributed by atoms with van der Waals surface area (Å²) in [6.45, 7) is 8.34. The lowest BCUT2D eigenvalue weighted by Crippen LogP contribution is -2.02. The van der Waals surface area contributed by atoms with Crippen LogP contribution in [0.1, 0.15) is 43.8 Å². The standard InChI is InChI=1S/C9H12FN5OS.C2H6/c1-3-14-5-7(4-11-14)9(16)8-6(2)12-15(13-8)17-10;1-2/h4-5,9,16H,3H2,1-2H3;1-2H3. The minimum atomic E-state index is -0.934.